The molecule has 0 spiro atoms. The smallest absolute Gasteiger partial charge is 0.368 e. The molecule has 2 aliphatic rings. The molecule has 1 aromatic heterocycles. The van der Waals surface area contributed by atoms with Gasteiger partial charge in [-0.05, 0) is 43.2 Å². The lowest BCUT2D eigenvalue weighted by molar-refractivity contribution is -0.137. The zero-order valence-electron chi connectivity index (χ0n) is 20.0. The van der Waals surface area contributed by atoms with Crippen molar-refractivity contribution >= 4 is 11.8 Å². The van der Waals surface area contributed by atoms with Crippen LogP contribution in [0, 0.1) is 0 Å². The molecule has 4 rings (SSSR count). The highest BCUT2D eigenvalue weighted by molar-refractivity contribution is 5.96. The number of alkyl halides is 3. The molecule has 2 amide bonds. The third-order valence-electron chi connectivity index (χ3n) is 6.76. The number of hydrogen-bond acceptors (Lipinski definition) is 5. The first-order chi connectivity index (χ1) is 17.3. The molecule has 1 saturated carbocycles. The van der Waals surface area contributed by atoms with E-state index in [0.29, 0.717) is 25.7 Å². The van der Waals surface area contributed by atoms with Gasteiger partial charge >= 0.3 is 6.18 Å². The number of benzene rings is 1. The van der Waals surface area contributed by atoms with Crippen molar-refractivity contribution < 1.29 is 27.5 Å². The van der Waals surface area contributed by atoms with Crippen molar-refractivity contribution in [2.24, 2.45) is 0 Å². The van der Waals surface area contributed by atoms with Crippen LogP contribution in [0.5, 0.6) is 0 Å². The van der Waals surface area contributed by atoms with Gasteiger partial charge in [0, 0.05) is 30.9 Å². The molecule has 7 nitrogen and oxygen atoms in total. The Morgan fingerprint density at radius 3 is 2.58 bits per heavy atom. The third kappa shape index (κ3) is 7.04. The molecule has 2 N–H and O–H groups in total. The molecule has 0 bridgehead atoms. The van der Waals surface area contributed by atoms with Gasteiger partial charge in [0.2, 0.25) is 5.91 Å². The first-order valence-electron chi connectivity index (χ1n) is 12.3. The fraction of sp³-hybridized carbons (Fsp3) is 0.500. The fourth-order valence-corrected chi connectivity index (χ4v) is 4.89. The average Bonchev–Trinajstić information content (AvgIpc) is 3.29. The Bertz CT molecular complexity index is 1030. The van der Waals surface area contributed by atoms with Gasteiger partial charge in [-0.3, -0.25) is 19.5 Å². The Kier molecular flexibility index (Phi) is 8.58. The lowest BCUT2D eigenvalue weighted by Crippen LogP contribution is -2.47. The zero-order chi connectivity index (χ0) is 25.5. The van der Waals surface area contributed by atoms with Gasteiger partial charge in [-0.2, -0.15) is 13.2 Å². The van der Waals surface area contributed by atoms with Crippen LogP contribution in [0.1, 0.15) is 53.7 Å². The van der Waals surface area contributed by atoms with Crippen molar-refractivity contribution in [2.45, 2.75) is 63.1 Å². The minimum Gasteiger partial charge on any atom is -0.368 e. The van der Waals surface area contributed by atoms with Crippen molar-refractivity contribution in [3.63, 3.8) is 0 Å². The summed E-state index contributed by atoms with van der Waals surface area (Å²) in [6, 6.07) is 9.91. The number of aromatic nitrogens is 1. The number of amides is 2. The molecule has 10 heteroatoms. The van der Waals surface area contributed by atoms with Crippen LogP contribution in [-0.2, 0) is 22.3 Å². The van der Waals surface area contributed by atoms with E-state index in [0.717, 1.165) is 30.7 Å². The number of likely N-dealkylation sites (tertiary alicyclic amines) is 1. The molecule has 2 heterocycles. The van der Waals surface area contributed by atoms with Gasteiger partial charge in [0.1, 0.15) is 0 Å². The molecule has 2 atom stereocenters. The van der Waals surface area contributed by atoms with E-state index in [1.807, 2.05) is 18.2 Å². The van der Waals surface area contributed by atoms with Crippen LogP contribution in [0.25, 0.3) is 0 Å². The number of halogens is 3. The highest BCUT2D eigenvalue weighted by Gasteiger charge is 2.38. The van der Waals surface area contributed by atoms with Crippen LogP contribution in [-0.4, -0.2) is 59.5 Å². The van der Waals surface area contributed by atoms with E-state index in [1.165, 1.54) is 31.4 Å². The number of nitrogens with zero attached hydrogens (tertiary/aromatic N) is 2. The quantitative estimate of drug-likeness (QED) is 0.575. The van der Waals surface area contributed by atoms with Crippen LogP contribution in [0.15, 0.2) is 48.7 Å². The minimum absolute atomic E-state index is 0.154. The molecule has 1 saturated heterocycles. The lowest BCUT2D eigenvalue weighted by Gasteiger charge is -2.30. The predicted molar refractivity (Wildman–Crippen MR) is 127 cm³/mol. The van der Waals surface area contributed by atoms with Crippen LogP contribution in [0.2, 0.25) is 0 Å². The van der Waals surface area contributed by atoms with Gasteiger partial charge in [0.25, 0.3) is 5.91 Å². The van der Waals surface area contributed by atoms with Crippen LogP contribution in [0.4, 0.5) is 13.2 Å². The number of nitrogens with one attached hydrogen (secondary N) is 2. The first-order valence-corrected chi connectivity index (χ1v) is 12.3. The Morgan fingerprint density at radius 1 is 1.06 bits per heavy atom. The van der Waals surface area contributed by atoms with Gasteiger partial charge in [-0.1, -0.05) is 31.4 Å². The van der Waals surface area contributed by atoms with Crippen molar-refractivity contribution in [1.29, 1.82) is 0 Å². The summed E-state index contributed by atoms with van der Waals surface area (Å²) in [5.74, 6) is -1.16. The number of carbonyl (C=O) groups excluding carboxylic acids is 2. The van der Waals surface area contributed by atoms with Gasteiger partial charge in [0.15, 0.2) is 0 Å². The minimum atomic E-state index is -4.55. The summed E-state index contributed by atoms with van der Waals surface area (Å²) in [6.07, 6.45) is 2.80. The molecule has 1 aliphatic carbocycles. The first kappa shape index (κ1) is 26.1. The summed E-state index contributed by atoms with van der Waals surface area (Å²) in [6.45, 7) is 1.31. The lowest BCUT2D eigenvalue weighted by atomic mass is 9.94. The summed E-state index contributed by atoms with van der Waals surface area (Å²) in [7, 11) is 0. The number of hydrogen-bond donors (Lipinski definition) is 2. The van der Waals surface area contributed by atoms with Gasteiger partial charge in [0.05, 0.1) is 36.6 Å². The summed E-state index contributed by atoms with van der Waals surface area (Å²) in [5, 5.41) is 5.37. The van der Waals surface area contributed by atoms with Crippen LogP contribution in [0.3, 0.4) is 0 Å². The number of pyridine rings is 1. The number of ether oxygens (including phenoxy) is 1. The summed E-state index contributed by atoms with van der Waals surface area (Å²) in [5.41, 5.74) is -0.271. The van der Waals surface area contributed by atoms with Gasteiger partial charge < -0.3 is 15.4 Å². The maximum atomic E-state index is 12.9. The third-order valence-corrected chi connectivity index (χ3v) is 6.76. The average molecular weight is 505 g/mol. The Hall–Kier alpha value is -2.98. The molecule has 1 aromatic carbocycles. The van der Waals surface area contributed by atoms with Crippen molar-refractivity contribution in [3.05, 3.63) is 65.5 Å². The van der Waals surface area contributed by atoms with E-state index in [1.54, 1.807) is 6.20 Å². The maximum Gasteiger partial charge on any atom is 0.416 e. The number of rotatable bonds is 8. The largest absolute Gasteiger partial charge is 0.416 e. The van der Waals surface area contributed by atoms with E-state index in [9.17, 15) is 22.8 Å². The normalized spacial score (nSPS) is 21.3. The maximum absolute atomic E-state index is 12.9. The molecule has 2 fully saturated rings. The fourth-order valence-electron chi connectivity index (χ4n) is 4.89. The standard InChI is InChI=1S/C26H31F3N4O3/c27-26(28,29)19-8-6-7-18(13-19)25(35)31-14-24(34)32-22-15-33(21-10-2-1-3-11-21)16-23(22)36-17-20-9-4-5-12-30-20/h4-9,12-13,21-23H,1-3,10-11,14-17H2,(H,31,35)(H,32,34)/t22-,23-/m0/s1. The second-order valence-electron chi connectivity index (χ2n) is 9.35. The van der Waals surface area contributed by atoms with Crippen LogP contribution >= 0.6 is 0 Å². The monoisotopic (exact) mass is 504 g/mol. The van der Waals surface area contributed by atoms with E-state index in [2.05, 4.69) is 20.5 Å². The Balaban J connectivity index is 1.34. The number of carbonyl (C=O) groups is 2. The molecular formula is C26H31F3N4O3. The second kappa shape index (κ2) is 11.8. The van der Waals surface area contributed by atoms with Crippen molar-refractivity contribution in [1.82, 2.24) is 20.5 Å². The van der Waals surface area contributed by atoms with Gasteiger partial charge in [-0.15, -0.1) is 0 Å². The molecule has 0 radical (unpaired) electrons. The van der Waals surface area contributed by atoms with E-state index in [4.69, 9.17) is 4.74 Å². The van der Waals surface area contributed by atoms with E-state index >= 15 is 0 Å². The summed E-state index contributed by atoms with van der Waals surface area (Å²) >= 11 is 0. The predicted octanol–water partition coefficient (Wildman–Crippen LogP) is 3.55. The molecule has 0 unspecified atom stereocenters. The van der Waals surface area contributed by atoms with Crippen molar-refractivity contribution in [2.75, 3.05) is 19.6 Å². The topological polar surface area (TPSA) is 83.6 Å². The molecular weight excluding hydrogens is 473 g/mol. The highest BCUT2D eigenvalue weighted by atomic mass is 19.4. The Morgan fingerprint density at radius 2 is 1.86 bits per heavy atom. The van der Waals surface area contributed by atoms with Crippen LogP contribution < -0.4 is 10.6 Å². The van der Waals surface area contributed by atoms with Crippen molar-refractivity contribution in [3.8, 4) is 0 Å². The second-order valence-corrected chi connectivity index (χ2v) is 9.35. The molecule has 36 heavy (non-hydrogen) atoms. The summed E-state index contributed by atoms with van der Waals surface area (Å²) in [4.78, 5) is 31.7. The molecule has 2 aromatic rings. The van der Waals surface area contributed by atoms with E-state index < -0.39 is 23.6 Å². The van der Waals surface area contributed by atoms with E-state index in [-0.39, 0.29) is 24.3 Å². The Labute approximate surface area is 208 Å². The van der Waals surface area contributed by atoms with Gasteiger partial charge in [-0.25, -0.2) is 0 Å². The highest BCUT2D eigenvalue weighted by Crippen LogP contribution is 2.30. The molecule has 194 valence electrons. The zero-order valence-corrected chi connectivity index (χ0v) is 20.0. The molecule has 1 aliphatic heterocycles. The summed E-state index contributed by atoms with van der Waals surface area (Å²) < 4.78 is 44.9. The SMILES string of the molecule is O=C(CNC(=O)c1cccc(C(F)(F)F)c1)N[C@H]1CN(C2CCCCC2)C[C@@H]1OCc1ccccn1.